The number of H-pyrrole nitrogens is 1. The molecule has 0 saturated heterocycles. The molecule has 2 heterocycles. The number of nitrogens with two attached hydrogens (primary N) is 3. The first-order valence-electron chi connectivity index (χ1n) is 8.36. The number of amidine groups is 1. The molecule has 2 aromatic heterocycles. The zero-order valence-corrected chi connectivity index (χ0v) is 15.1. The second kappa shape index (κ2) is 7.39. The first-order valence-corrected chi connectivity index (χ1v) is 8.36. The van der Waals surface area contributed by atoms with Crippen molar-refractivity contribution in [1.29, 1.82) is 5.41 Å². The summed E-state index contributed by atoms with van der Waals surface area (Å²) in [5.74, 6) is 4.90. The van der Waals surface area contributed by atoms with Crippen LogP contribution >= 0.6 is 0 Å². The number of ether oxygens (including phenoxy) is 1. The smallest absolute Gasteiger partial charge is 0.283 e. The van der Waals surface area contributed by atoms with Gasteiger partial charge in [-0.1, -0.05) is 0 Å². The Morgan fingerprint density at radius 3 is 2.75 bits per heavy atom. The summed E-state index contributed by atoms with van der Waals surface area (Å²) in [4.78, 5) is 31.1. The number of carbonyl (C=O) groups is 1. The van der Waals surface area contributed by atoms with Gasteiger partial charge in [0.05, 0.1) is 24.4 Å². The summed E-state index contributed by atoms with van der Waals surface area (Å²) in [6.07, 6.45) is 5.55. The van der Waals surface area contributed by atoms with Crippen LogP contribution in [0.4, 0.5) is 0 Å². The zero-order chi connectivity index (χ0) is 20.4. The molecular formula is C17H20N8O3. The number of rotatable bonds is 4. The standard InChI is InChI=1S/C17H20N8O3/c1-28-14-9(10(18)7-22-21)4-5-25-15(14)23-11(13(20)17(25)27)6-12(19)24-16(26)8-2-3-8/h4-8,20,23H,2-3,18,21H2,1H3,(H2,19,24,26)/b10-9+,11-6+,20-13?,22-7-. The minimum Gasteiger partial charge on any atom is -0.492 e. The lowest BCUT2D eigenvalue weighted by atomic mass is 10.2. The first-order chi connectivity index (χ1) is 13.4. The van der Waals surface area contributed by atoms with E-state index in [0.717, 1.165) is 12.8 Å². The highest BCUT2D eigenvalue weighted by Gasteiger charge is 2.29. The van der Waals surface area contributed by atoms with Gasteiger partial charge in [0.15, 0.2) is 11.4 Å². The lowest BCUT2D eigenvalue weighted by Crippen LogP contribution is -2.45. The number of nitrogens with one attached hydrogen (secondary N) is 2. The van der Waals surface area contributed by atoms with E-state index in [1.807, 2.05) is 0 Å². The Kier molecular flexibility index (Phi) is 4.98. The highest BCUT2D eigenvalue weighted by atomic mass is 16.5. The summed E-state index contributed by atoms with van der Waals surface area (Å²) >= 11 is 0. The molecule has 0 aromatic carbocycles. The van der Waals surface area contributed by atoms with Crippen LogP contribution in [0.5, 0.6) is 5.75 Å². The van der Waals surface area contributed by atoms with Gasteiger partial charge in [0, 0.05) is 23.4 Å². The Bertz CT molecular complexity index is 1250. The molecule has 0 spiro atoms. The van der Waals surface area contributed by atoms with Crippen molar-refractivity contribution in [2.45, 2.75) is 12.8 Å². The molecule has 1 amide bonds. The topological polar surface area (TPSA) is 190 Å². The molecular weight excluding hydrogens is 364 g/mol. The Labute approximate surface area is 158 Å². The van der Waals surface area contributed by atoms with Crippen molar-refractivity contribution in [3.05, 3.63) is 38.5 Å². The number of aliphatic imine (C=N–C) groups is 1. The lowest BCUT2D eigenvalue weighted by Gasteiger charge is -2.09. The molecule has 1 aliphatic carbocycles. The lowest BCUT2D eigenvalue weighted by molar-refractivity contribution is -0.118. The van der Waals surface area contributed by atoms with Crippen molar-refractivity contribution < 1.29 is 9.53 Å². The number of nitrogens with zero attached hydrogens (tertiary/aromatic N) is 3. The third-order valence-corrected chi connectivity index (χ3v) is 4.23. The van der Waals surface area contributed by atoms with Gasteiger partial charge in [-0.15, -0.1) is 0 Å². The van der Waals surface area contributed by atoms with Gasteiger partial charge in [0.25, 0.3) is 11.5 Å². The number of aromatic nitrogens is 2. The molecule has 0 bridgehead atoms. The average molecular weight is 384 g/mol. The molecule has 1 aliphatic rings. The van der Waals surface area contributed by atoms with Crippen molar-refractivity contribution in [3.63, 3.8) is 0 Å². The first kappa shape index (κ1) is 18.9. The third-order valence-electron chi connectivity index (χ3n) is 4.23. The van der Waals surface area contributed by atoms with Crippen LogP contribution in [0.2, 0.25) is 0 Å². The van der Waals surface area contributed by atoms with E-state index in [2.05, 4.69) is 15.1 Å². The third kappa shape index (κ3) is 3.49. The summed E-state index contributed by atoms with van der Waals surface area (Å²) in [6, 6.07) is 1.55. The van der Waals surface area contributed by atoms with Gasteiger partial charge in [0.1, 0.15) is 11.2 Å². The molecule has 28 heavy (non-hydrogen) atoms. The summed E-state index contributed by atoms with van der Waals surface area (Å²) < 4.78 is 6.61. The maximum atomic E-state index is 12.6. The van der Waals surface area contributed by atoms with E-state index in [-0.39, 0.29) is 45.5 Å². The highest BCUT2D eigenvalue weighted by Crippen LogP contribution is 2.30. The van der Waals surface area contributed by atoms with Crippen LogP contribution < -0.4 is 43.5 Å². The number of hydrogen-bond acceptors (Lipinski definition) is 7. The summed E-state index contributed by atoms with van der Waals surface area (Å²) in [7, 11) is 1.41. The highest BCUT2D eigenvalue weighted by molar-refractivity contribution is 6.12. The molecule has 0 atom stereocenters. The molecule has 3 rings (SSSR count). The fraction of sp³-hybridized carbons (Fsp3) is 0.235. The van der Waals surface area contributed by atoms with Crippen LogP contribution in [0.3, 0.4) is 0 Å². The molecule has 1 fully saturated rings. The van der Waals surface area contributed by atoms with Crippen molar-refractivity contribution >= 4 is 35.4 Å². The number of amides is 1. The molecule has 0 aliphatic heterocycles. The van der Waals surface area contributed by atoms with Crippen LogP contribution in [-0.2, 0) is 4.79 Å². The Balaban J connectivity index is 2.31. The monoisotopic (exact) mass is 384 g/mol. The molecule has 11 heteroatoms. The second-order valence-electron chi connectivity index (χ2n) is 6.23. The van der Waals surface area contributed by atoms with Crippen molar-refractivity contribution in [2.24, 2.45) is 33.3 Å². The maximum absolute atomic E-state index is 12.6. The molecule has 0 radical (unpaired) electrons. The number of hydrogen-bond donors (Lipinski definition) is 5. The number of pyridine rings is 1. The van der Waals surface area contributed by atoms with Crippen LogP contribution in [0.15, 0.2) is 27.2 Å². The van der Waals surface area contributed by atoms with E-state index in [1.165, 1.54) is 30.0 Å². The van der Waals surface area contributed by atoms with E-state index in [9.17, 15) is 9.59 Å². The largest absolute Gasteiger partial charge is 0.492 e. The normalized spacial score (nSPS) is 16.6. The Morgan fingerprint density at radius 1 is 1.43 bits per heavy atom. The van der Waals surface area contributed by atoms with Gasteiger partial charge in [-0.2, -0.15) is 10.1 Å². The fourth-order valence-electron chi connectivity index (χ4n) is 2.67. The van der Waals surface area contributed by atoms with Crippen LogP contribution in [0, 0.1) is 11.3 Å². The molecule has 1 saturated carbocycles. The van der Waals surface area contributed by atoms with E-state index in [0.29, 0.717) is 5.22 Å². The quantitative estimate of drug-likeness (QED) is 0.164. The molecule has 11 nitrogen and oxygen atoms in total. The zero-order valence-electron chi connectivity index (χ0n) is 15.1. The molecule has 2 aromatic rings. The van der Waals surface area contributed by atoms with Gasteiger partial charge in [-0.3, -0.25) is 19.4 Å². The molecule has 0 unspecified atom stereocenters. The van der Waals surface area contributed by atoms with E-state index in [1.54, 1.807) is 6.07 Å². The number of aromatic amines is 1. The predicted octanol–water partition coefficient (Wildman–Crippen LogP) is -2.80. The minimum absolute atomic E-state index is 0.0800. The van der Waals surface area contributed by atoms with E-state index < -0.39 is 5.56 Å². The van der Waals surface area contributed by atoms with Crippen molar-refractivity contribution in [3.8, 4) is 5.75 Å². The number of methoxy groups -OCH3 is 1. The van der Waals surface area contributed by atoms with Gasteiger partial charge < -0.3 is 27.0 Å². The Morgan fingerprint density at radius 2 is 2.14 bits per heavy atom. The van der Waals surface area contributed by atoms with Gasteiger partial charge in [-0.25, -0.2) is 0 Å². The van der Waals surface area contributed by atoms with E-state index >= 15 is 0 Å². The predicted molar refractivity (Wildman–Crippen MR) is 104 cm³/mol. The van der Waals surface area contributed by atoms with Crippen LogP contribution in [0.25, 0.3) is 17.4 Å². The van der Waals surface area contributed by atoms with Gasteiger partial charge in [0.2, 0.25) is 0 Å². The average Bonchev–Trinajstić information content (AvgIpc) is 3.50. The summed E-state index contributed by atoms with van der Waals surface area (Å²) in [6.45, 7) is 0. The van der Waals surface area contributed by atoms with Crippen LogP contribution in [-0.4, -0.2) is 34.5 Å². The number of hydrazone groups is 1. The number of carbonyl (C=O) groups excluding carboxylic acids is 1. The molecule has 146 valence electrons. The SMILES string of the molecule is COc1/c(=C(N)\C=N/N)ccn2c(=O)c(=N)/c(=C\C(N)=NC(=O)C3CC3)[nH]c12. The summed E-state index contributed by atoms with van der Waals surface area (Å²) in [5, 5.41) is 11.6. The number of fused-ring (bicyclic) bond motifs is 1. The summed E-state index contributed by atoms with van der Waals surface area (Å²) in [5.41, 5.74) is 11.6. The van der Waals surface area contributed by atoms with Crippen molar-refractivity contribution in [1.82, 2.24) is 9.38 Å². The minimum atomic E-state index is -0.614. The van der Waals surface area contributed by atoms with Gasteiger partial charge in [-0.05, 0) is 18.9 Å². The van der Waals surface area contributed by atoms with Crippen LogP contribution in [0.1, 0.15) is 12.8 Å². The second-order valence-corrected chi connectivity index (χ2v) is 6.23. The maximum Gasteiger partial charge on any atom is 0.283 e. The van der Waals surface area contributed by atoms with Gasteiger partial charge >= 0.3 is 0 Å². The fourth-order valence-corrected chi connectivity index (χ4v) is 2.67. The van der Waals surface area contributed by atoms with Crippen molar-refractivity contribution in [2.75, 3.05) is 7.11 Å². The Hall–Kier alpha value is -3.89. The van der Waals surface area contributed by atoms with E-state index in [4.69, 9.17) is 27.5 Å². The molecule has 8 N–H and O–H groups in total.